The van der Waals surface area contributed by atoms with Crippen LogP contribution < -0.4 is 4.90 Å². The van der Waals surface area contributed by atoms with Crippen LogP contribution in [-0.4, -0.2) is 34.4 Å². The first-order valence-electron chi connectivity index (χ1n) is 6.02. The monoisotopic (exact) mass is 236 g/mol. The van der Waals surface area contributed by atoms with E-state index in [0.717, 1.165) is 30.9 Å². The average molecular weight is 236 g/mol. The van der Waals surface area contributed by atoms with Crippen molar-refractivity contribution in [2.45, 2.75) is 33.0 Å². The number of hydrogen-bond acceptors (Lipinski definition) is 4. The van der Waals surface area contributed by atoms with Crippen molar-refractivity contribution in [3.8, 4) is 0 Å². The van der Waals surface area contributed by atoms with Gasteiger partial charge in [0, 0.05) is 30.3 Å². The Hall–Kier alpha value is -1.13. The molecule has 1 saturated heterocycles. The van der Waals surface area contributed by atoms with Gasteiger partial charge >= 0.3 is 0 Å². The van der Waals surface area contributed by atoms with E-state index in [9.17, 15) is 10.2 Å². The van der Waals surface area contributed by atoms with Crippen LogP contribution in [0.1, 0.15) is 25.8 Å². The normalized spacial score (nSPS) is 23.8. The number of pyridine rings is 1. The van der Waals surface area contributed by atoms with Crippen molar-refractivity contribution in [2.75, 3.05) is 18.0 Å². The topological polar surface area (TPSA) is 56.6 Å². The molecule has 0 spiro atoms. The van der Waals surface area contributed by atoms with Crippen molar-refractivity contribution >= 4 is 5.82 Å². The Morgan fingerprint density at radius 2 is 2.29 bits per heavy atom. The molecule has 0 aromatic carbocycles. The lowest BCUT2D eigenvalue weighted by Gasteiger charge is -2.42. The average Bonchev–Trinajstić information content (AvgIpc) is 2.32. The Bertz CT molecular complexity index is 393. The first-order chi connectivity index (χ1) is 8.04. The number of aliphatic hydroxyl groups excluding tert-OH is 2. The second-order valence-electron chi connectivity index (χ2n) is 5.36. The fourth-order valence-electron chi connectivity index (χ4n) is 2.36. The lowest BCUT2D eigenvalue weighted by molar-refractivity contribution is 0.0333. The van der Waals surface area contributed by atoms with Crippen LogP contribution in [0.3, 0.4) is 0 Å². The first-order valence-corrected chi connectivity index (χ1v) is 6.02. The number of nitrogens with zero attached hydrogens (tertiary/aromatic N) is 2. The summed E-state index contributed by atoms with van der Waals surface area (Å²) in [5, 5.41) is 19.2. The third kappa shape index (κ3) is 2.42. The number of aromatic nitrogens is 1. The molecule has 1 aliphatic rings. The second-order valence-corrected chi connectivity index (χ2v) is 5.36. The van der Waals surface area contributed by atoms with E-state index in [1.54, 1.807) is 6.20 Å². The Labute approximate surface area is 102 Å². The number of aliphatic hydroxyl groups is 2. The van der Waals surface area contributed by atoms with Crippen molar-refractivity contribution < 1.29 is 10.2 Å². The molecule has 94 valence electrons. The standard InChI is InChI=1S/C13H20N2O2/c1-13(2)9-15(7-5-11(13)17)12-10(8-16)4-3-6-14-12/h3-4,6,11,16-17H,5,7-9H2,1-2H3. The molecule has 4 heteroatoms. The maximum absolute atomic E-state index is 9.93. The minimum Gasteiger partial charge on any atom is -0.392 e. The maximum atomic E-state index is 9.93. The fraction of sp³-hybridized carbons (Fsp3) is 0.615. The summed E-state index contributed by atoms with van der Waals surface area (Å²) in [4.78, 5) is 6.50. The van der Waals surface area contributed by atoms with Gasteiger partial charge in [-0.05, 0) is 12.5 Å². The summed E-state index contributed by atoms with van der Waals surface area (Å²) in [6.07, 6.45) is 2.22. The van der Waals surface area contributed by atoms with Crippen LogP contribution in [0.5, 0.6) is 0 Å². The molecule has 1 atom stereocenters. The molecule has 0 bridgehead atoms. The molecule has 1 aromatic heterocycles. The van der Waals surface area contributed by atoms with Crippen molar-refractivity contribution in [3.05, 3.63) is 23.9 Å². The van der Waals surface area contributed by atoms with Crippen molar-refractivity contribution in [2.24, 2.45) is 5.41 Å². The van der Waals surface area contributed by atoms with Gasteiger partial charge in [-0.25, -0.2) is 4.98 Å². The van der Waals surface area contributed by atoms with Gasteiger partial charge in [0.15, 0.2) is 0 Å². The van der Waals surface area contributed by atoms with Crippen molar-refractivity contribution in [3.63, 3.8) is 0 Å². The van der Waals surface area contributed by atoms with E-state index in [4.69, 9.17) is 0 Å². The highest BCUT2D eigenvalue weighted by atomic mass is 16.3. The van der Waals surface area contributed by atoms with Crippen molar-refractivity contribution in [1.29, 1.82) is 0 Å². The maximum Gasteiger partial charge on any atom is 0.134 e. The summed E-state index contributed by atoms with van der Waals surface area (Å²) in [6, 6.07) is 3.72. The molecule has 4 nitrogen and oxygen atoms in total. The number of anilines is 1. The SMILES string of the molecule is CC1(C)CN(c2ncccc2CO)CCC1O. The third-order valence-corrected chi connectivity index (χ3v) is 3.51. The van der Waals surface area contributed by atoms with Crippen LogP contribution in [0.2, 0.25) is 0 Å². The van der Waals surface area contributed by atoms with E-state index in [-0.39, 0.29) is 18.1 Å². The smallest absolute Gasteiger partial charge is 0.134 e. The van der Waals surface area contributed by atoms with Gasteiger partial charge in [-0.1, -0.05) is 19.9 Å². The van der Waals surface area contributed by atoms with Gasteiger partial charge in [-0.15, -0.1) is 0 Å². The van der Waals surface area contributed by atoms with E-state index >= 15 is 0 Å². The molecule has 2 N–H and O–H groups in total. The molecule has 1 fully saturated rings. The molecule has 1 aliphatic heterocycles. The minimum absolute atomic E-state index is 0.00263. The number of hydrogen-bond donors (Lipinski definition) is 2. The van der Waals surface area contributed by atoms with E-state index < -0.39 is 0 Å². The third-order valence-electron chi connectivity index (χ3n) is 3.51. The number of piperidine rings is 1. The fourth-order valence-corrected chi connectivity index (χ4v) is 2.36. The summed E-state index contributed by atoms with van der Waals surface area (Å²) < 4.78 is 0. The molecule has 2 rings (SSSR count). The highest BCUT2D eigenvalue weighted by Crippen LogP contribution is 2.32. The molecule has 17 heavy (non-hydrogen) atoms. The van der Waals surface area contributed by atoms with Crippen LogP contribution in [0.4, 0.5) is 5.82 Å². The molecule has 0 radical (unpaired) electrons. The second kappa shape index (κ2) is 4.63. The van der Waals surface area contributed by atoms with Crippen LogP contribution in [0.25, 0.3) is 0 Å². The van der Waals surface area contributed by atoms with Gasteiger partial charge in [-0.2, -0.15) is 0 Å². The Kier molecular flexibility index (Phi) is 3.35. The Morgan fingerprint density at radius 1 is 1.53 bits per heavy atom. The zero-order valence-electron chi connectivity index (χ0n) is 10.4. The van der Waals surface area contributed by atoms with Crippen LogP contribution in [0, 0.1) is 5.41 Å². The van der Waals surface area contributed by atoms with Gasteiger partial charge in [0.1, 0.15) is 5.82 Å². The largest absolute Gasteiger partial charge is 0.392 e. The highest BCUT2D eigenvalue weighted by Gasteiger charge is 2.35. The molecular weight excluding hydrogens is 216 g/mol. The quantitative estimate of drug-likeness (QED) is 0.809. The van der Waals surface area contributed by atoms with Crippen LogP contribution >= 0.6 is 0 Å². The summed E-state index contributed by atoms with van der Waals surface area (Å²) >= 11 is 0. The summed E-state index contributed by atoms with van der Waals surface area (Å²) in [6.45, 7) is 5.67. The zero-order valence-corrected chi connectivity index (χ0v) is 10.4. The molecule has 0 amide bonds. The molecular formula is C13H20N2O2. The molecule has 2 heterocycles. The van der Waals surface area contributed by atoms with E-state index in [0.29, 0.717) is 0 Å². The molecule has 1 aromatic rings. The van der Waals surface area contributed by atoms with Gasteiger partial charge < -0.3 is 15.1 Å². The van der Waals surface area contributed by atoms with Gasteiger partial charge in [0.05, 0.1) is 12.7 Å². The minimum atomic E-state index is -0.264. The van der Waals surface area contributed by atoms with Gasteiger partial charge in [-0.3, -0.25) is 0 Å². The predicted octanol–water partition coefficient (Wildman–Crippen LogP) is 1.17. The van der Waals surface area contributed by atoms with E-state index in [1.807, 2.05) is 12.1 Å². The molecule has 0 saturated carbocycles. The number of rotatable bonds is 2. The first kappa shape index (κ1) is 12.3. The molecule has 1 unspecified atom stereocenters. The Balaban J connectivity index is 2.23. The van der Waals surface area contributed by atoms with Crippen LogP contribution in [-0.2, 0) is 6.61 Å². The lowest BCUT2D eigenvalue weighted by Crippen LogP contribution is -2.49. The van der Waals surface area contributed by atoms with Crippen molar-refractivity contribution in [1.82, 2.24) is 4.98 Å². The van der Waals surface area contributed by atoms with Crippen LogP contribution in [0.15, 0.2) is 18.3 Å². The molecule has 0 aliphatic carbocycles. The van der Waals surface area contributed by atoms with Gasteiger partial charge in [0.2, 0.25) is 0 Å². The van der Waals surface area contributed by atoms with E-state index in [2.05, 4.69) is 23.7 Å². The summed E-state index contributed by atoms with van der Waals surface area (Å²) in [5.41, 5.74) is 0.711. The zero-order chi connectivity index (χ0) is 12.5. The lowest BCUT2D eigenvalue weighted by atomic mass is 9.81. The highest BCUT2D eigenvalue weighted by molar-refractivity contribution is 5.47. The van der Waals surface area contributed by atoms with Gasteiger partial charge in [0.25, 0.3) is 0 Å². The Morgan fingerprint density at radius 3 is 2.94 bits per heavy atom. The van der Waals surface area contributed by atoms with E-state index in [1.165, 1.54) is 0 Å². The summed E-state index contributed by atoms with van der Waals surface area (Å²) in [5.74, 6) is 0.843. The summed E-state index contributed by atoms with van der Waals surface area (Å²) in [7, 11) is 0. The predicted molar refractivity (Wildman–Crippen MR) is 66.8 cm³/mol.